The van der Waals surface area contributed by atoms with E-state index in [2.05, 4.69) is 44.1 Å². The lowest BCUT2D eigenvalue weighted by Gasteiger charge is -2.11. The van der Waals surface area contributed by atoms with Crippen molar-refractivity contribution in [3.63, 3.8) is 0 Å². The number of hydrogen-bond donors (Lipinski definition) is 1. The lowest BCUT2D eigenvalue weighted by molar-refractivity contribution is -0.141. The minimum atomic E-state index is -0.262. The summed E-state index contributed by atoms with van der Waals surface area (Å²) in [5, 5.41) is 3.02. The van der Waals surface area contributed by atoms with E-state index in [0.717, 1.165) is 27.5 Å². The number of rotatable bonds is 7. The minimum absolute atomic E-state index is 0.132. The van der Waals surface area contributed by atoms with Crippen molar-refractivity contribution in [2.45, 2.75) is 19.8 Å². The van der Waals surface area contributed by atoms with E-state index in [-0.39, 0.29) is 12.5 Å². The number of methoxy groups -OCH3 is 1. The molecule has 0 heterocycles. The zero-order valence-electron chi connectivity index (χ0n) is 11.0. The summed E-state index contributed by atoms with van der Waals surface area (Å²) in [6, 6.07) is 3.68. The summed E-state index contributed by atoms with van der Waals surface area (Å²) < 4.78 is 12.0. The molecule has 1 aromatic carbocycles. The summed E-state index contributed by atoms with van der Waals surface area (Å²) in [5.74, 6) is 0.437. The van der Waals surface area contributed by atoms with Crippen LogP contribution in [0.3, 0.4) is 0 Å². The Hall–Kier alpha value is -0.750. The molecule has 1 rings (SSSR count). The van der Waals surface area contributed by atoms with Crippen LogP contribution in [-0.4, -0.2) is 26.2 Å². The van der Waals surface area contributed by atoms with Crippen molar-refractivity contribution in [2.24, 2.45) is 0 Å². The average Bonchev–Trinajstić information content (AvgIpc) is 2.38. The lowest BCUT2D eigenvalue weighted by Crippen LogP contribution is -2.17. The second-order valence-corrected chi connectivity index (χ2v) is 5.60. The van der Waals surface area contributed by atoms with E-state index in [1.807, 2.05) is 12.1 Å². The monoisotopic (exact) mass is 393 g/mol. The van der Waals surface area contributed by atoms with Crippen molar-refractivity contribution < 1.29 is 14.3 Å². The largest absolute Gasteiger partial charge is 0.495 e. The zero-order chi connectivity index (χ0) is 14.3. The van der Waals surface area contributed by atoms with E-state index in [9.17, 15) is 4.79 Å². The normalized spacial score (nSPS) is 10.1. The molecule has 0 saturated carbocycles. The van der Waals surface area contributed by atoms with Crippen LogP contribution in [0.25, 0.3) is 0 Å². The molecule has 0 fully saturated rings. The van der Waals surface area contributed by atoms with Gasteiger partial charge in [0.25, 0.3) is 0 Å². The van der Waals surface area contributed by atoms with Crippen LogP contribution in [-0.2, 0) is 9.53 Å². The maximum atomic E-state index is 11.5. The predicted octanol–water partition coefficient (Wildman–Crippen LogP) is 3.98. The van der Waals surface area contributed by atoms with Crippen molar-refractivity contribution in [1.29, 1.82) is 0 Å². The average molecular weight is 395 g/mol. The number of anilines is 1. The van der Waals surface area contributed by atoms with Gasteiger partial charge >= 0.3 is 5.97 Å². The van der Waals surface area contributed by atoms with Gasteiger partial charge in [0.2, 0.25) is 0 Å². The first-order valence-electron chi connectivity index (χ1n) is 6.01. The highest BCUT2D eigenvalue weighted by Crippen LogP contribution is 2.34. The van der Waals surface area contributed by atoms with E-state index in [1.165, 1.54) is 0 Å². The Morgan fingerprint density at radius 2 is 2.05 bits per heavy atom. The molecular weight excluding hydrogens is 378 g/mol. The number of unbranched alkanes of at least 4 members (excludes halogenated alkanes) is 1. The second kappa shape index (κ2) is 8.43. The second-order valence-electron chi connectivity index (χ2n) is 3.89. The van der Waals surface area contributed by atoms with Gasteiger partial charge in [0.05, 0.1) is 23.9 Å². The fourth-order valence-electron chi connectivity index (χ4n) is 1.37. The Balaban J connectivity index is 2.55. The summed E-state index contributed by atoms with van der Waals surface area (Å²) in [6.07, 6.45) is 1.90. The van der Waals surface area contributed by atoms with Crippen LogP contribution in [0, 0.1) is 0 Å². The van der Waals surface area contributed by atoms with Crippen LogP contribution >= 0.6 is 31.9 Å². The van der Waals surface area contributed by atoms with Crippen molar-refractivity contribution in [3.05, 3.63) is 21.1 Å². The van der Waals surface area contributed by atoms with E-state index in [4.69, 9.17) is 9.47 Å². The highest BCUT2D eigenvalue weighted by atomic mass is 79.9. The number of esters is 1. The van der Waals surface area contributed by atoms with Gasteiger partial charge in [-0.2, -0.15) is 0 Å². The smallest absolute Gasteiger partial charge is 0.325 e. The molecule has 6 heteroatoms. The molecule has 0 atom stereocenters. The van der Waals surface area contributed by atoms with Crippen LogP contribution in [0.1, 0.15) is 19.8 Å². The maximum Gasteiger partial charge on any atom is 0.325 e. The summed E-state index contributed by atoms with van der Waals surface area (Å²) >= 11 is 6.81. The van der Waals surface area contributed by atoms with E-state index < -0.39 is 0 Å². The highest BCUT2D eigenvalue weighted by Gasteiger charge is 2.09. The number of nitrogens with one attached hydrogen (secondary N) is 1. The fourth-order valence-corrected chi connectivity index (χ4v) is 2.67. The fraction of sp³-hybridized carbons (Fsp3) is 0.462. The number of halogens is 2. The quantitative estimate of drug-likeness (QED) is 0.561. The topological polar surface area (TPSA) is 47.6 Å². The molecule has 0 radical (unpaired) electrons. The van der Waals surface area contributed by atoms with Gasteiger partial charge in [-0.1, -0.05) is 13.3 Å². The third-order valence-electron chi connectivity index (χ3n) is 2.43. The third-order valence-corrected chi connectivity index (χ3v) is 3.70. The van der Waals surface area contributed by atoms with Gasteiger partial charge in [-0.3, -0.25) is 4.79 Å². The highest BCUT2D eigenvalue weighted by molar-refractivity contribution is 9.11. The number of ether oxygens (including phenoxy) is 2. The van der Waals surface area contributed by atoms with Gasteiger partial charge in [-0.05, 0) is 44.3 Å². The summed E-state index contributed by atoms with van der Waals surface area (Å²) in [7, 11) is 1.59. The molecule has 0 unspecified atom stereocenters. The van der Waals surface area contributed by atoms with Crippen molar-refractivity contribution >= 4 is 43.5 Å². The predicted molar refractivity (Wildman–Crippen MR) is 82.8 cm³/mol. The van der Waals surface area contributed by atoms with Crippen molar-refractivity contribution in [1.82, 2.24) is 0 Å². The molecule has 0 saturated heterocycles. The molecule has 0 spiro atoms. The van der Waals surface area contributed by atoms with Gasteiger partial charge in [0, 0.05) is 10.5 Å². The number of carbonyl (C=O) groups is 1. The third kappa shape index (κ3) is 5.40. The van der Waals surface area contributed by atoms with Crippen molar-refractivity contribution in [3.8, 4) is 5.75 Å². The molecule has 0 aliphatic heterocycles. The SMILES string of the molecule is CCCCOC(=O)CNc1cc(OC)c(Br)cc1Br. The lowest BCUT2D eigenvalue weighted by atomic mass is 10.3. The Labute approximate surface area is 130 Å². The van der Waals surface area contributed by atoms with Crippen LogP contribution in [0.15, 0.2) is 21.1 Å². The van der Waals surface area contributed by atoms with Gasteiger partial charge in [0.1, 0.15) is 12.3 Å². The molecule has 0 aliphatic carbocycles. The van der Waals surface area contributed by atoms with Crippen LogP contribution in [0.2, 0.25) is 0 Å². The van der Waals surface area contributed by atoms with Crippen LogP contribution < -0.4 is 10.1 Å². The molecule has 4 nitrogen and oxygen atoms in total. The first kappa shape index (κ1) is 16.3. The van der Waals surface area contributed by atoms with Crippen molar-refractivity contribution in [2.75, 3.05) is 25.6 Å². The van der Waals surface area contributed by atoms with E-state index in [0.29, 0.717) is 12.4 Å². The van der Waals surface area contributed by atoms with Crippen LogP contribution in [0.4, 0.5) is 5.69 Å². The maximum absolute atomic E-state index is 11.5. The molecule has 19 heavy (non-hydrogen) atoms. The number of hydrogen-bond acceptors (Lipinski definition) is 4. The minimum Gasteiger partial charge on any atom is -0.495 e. The first-order chi connectivity index (χ1) is 9.08. The van der Waals surface area contributed by atoms with E-state index in [1.54, 1.807) is 7.11 Å². The molecule has 0 bridgehead atoms. The molecule has 0 aliphatic rings. The van der Waals surface area contributed by atoms with E-state index >= 15 is 0 Å². The van der Waals surface area contributed by atoms with Gasteiger partial charge in [0.15, 0.2) is 0 Å². The molecule has 0 aromatic heterocycles. The standard InChI is InChI=1S/C13H17Br2NO3/c1-3-4-5-19-13(17)8-16-11-7-12(18-2)10(15)6-9(11)14/h6-7,16H,3-5,8H2,1-2H3. The van der Waals surface area contributed by atoms with Gasteiger partial charge < -0.3 is 14.8 Å². The molecule has 1 aromatic rings. The zero-order valence-corrected chi connectivity index (χ0v) is 14.1. The summed E-state index contributed by atoms with van der Waals surface area (Å²) in [4.78, 5) is 11.5. The first-order valence-corrected chi connectivity index (χ1v) is 7.59. The Bertz CT molecular complexity index is 438. The summed E-state index contributed by atoms with van der Waals surface area (Å²) in [5.41, 5.74) is 0.785. The number of benzene rings is 1. The molecule has 106 valence electrons. The Kier molecular flexibility index (Phi) is 7.23. The molecular formula is C13H17Br2NO3. The summed E-state index contributed by atoms with van der Waals surface area (Å²) in [6.45, 7) is 2.66. The number of carbonyl (C=O) groups excluding carboxylic acids is 1. The van der Waals surface area contributed by atoms with Gasteiger partial charge in [-0.15, -0.1) is 0 Å². The Morgan fingerprint density at radius 3 is 2.68 bits per heavy atom. The van der Waals surface area contributed by atoms with Crippen LogP contribution in [0.5, 0.6) is 5.75 Å². The Morgan fingerprint density at radius 1 is 1.32 bits per heavy atom. The molecule has 1 N–H and O–H groups in total. The molecule has 0 amide bonds. The van der Waals surface area contributed by atoms with Gasteiger partial charge in [-0.25, -0.2) is 0 Å².